The number of halogens is 6. The van der Waals surface area contributed by atoms with E-state index < -0.39 is 70.3 Å². The van der Waals surface area contributed by atoms with Gasteiger partial charge in [-0.2, -0.15) is 17.6 Å². The molecule has 0 amide bonds. The van der Waals surface area contributed by atoms with E-state index in [1.54, 1.807) is 0 Å². The average molecular weight is 803 g/mol. The van der Waals surface area contributed by atoms with Crippen LogP contribution in [0.4, 0.5) is 26.3 Å². The second-order valence-electron chi connectivity index (χ2n) is 12.8. The van der Waals surface area contributed by atoms with Crippen molar-refractivity contribution in [2.24, 2.45) is 0 Å². The minimum atomic E-state index is -2.05. The van der Waals surface area contributed by atoms with Crippen LogP contribution >= 0.6 is 0 Å². The molecule has 0 aliphatic carbocycles. The van der Waals surface area contributed by atoms with E-state index in [1.165, 1.54) is 48.5 Å². The summed E-state index contributed by atoms with van der Waals surface area (Å²) in [6.07, 6.45) is 6.95. The number of esters is 4. The Hall–Kier alpha value is -5.86. The second-order valence-corrected chi connectivity index (χ2v) is 12.8. The fourth-order valence-corrected chi connectivity index (χ4v) is 5.29. The number of benzene rings is 4. The predicted molar refractivity (Wildman–Crippen MR) is 193 cm³/mol. The lowest BCUT2D eigenvalue weighted by atomic mass is 10.1. The molecule has 0 N–H and O–H groups in total. The van der Waals surface area contributed by atoms with Gasteiger partial charge in [0.2, 0.25) is 34.8 Å². The van der Waals surface area contributed by atoms with E-state index in [1.807, 2.05) is 0 Å². The van der Waals surface area contributed by atoms with Gasteiger partial charge in [-0.05, 0) is 86.0 Å². The van der Waals surface area contributed by atoms with Crippen LogP contribution in [0.25, 0.3) is 0 Å². The first kappa shape index (κ1) is 43.9. The number of carbonyl (C=O) groups excluding carboxylic acids is 4. The van der Waals surface area contributed by atoms with E-state index >= 15 is 0 Å². The molecule has 4 rings (SSSR count). The number of hydrogen-bond donors (Lipinski definition) is 0. The largest absolute Gasteiger partial charge is 0.494 e. The molecule has 0 saturated carbocycles. The Kier molecular flexibility index (Phi) is 16.9. The van der Waals surface area contributed by atoms with Crippen molar-refractivity contribution in [3.8, 4) is 28.7 Å². The lowest BCUT2D eigenvalue weighted by Gasteiger charge is -2.12. The van der Waals surface area contributed by atoms with E-state index in [-0.39, 0.29) is 41.9 Å². The van der Waals surface area contributed by atoms with Crippen molar-refractivity contribution < 1.29 is 69.2 Å². The van der Waals surface area contributed by atoms with E-state index in [2.05, 4.69) is 16.4 Å². The van der Waals surface area contributed by atoms with Gasteiger partial charge < -0.3 is 23.7 Å². The van der Waals surface area contributed by atoms with Gasteiger partial charge in [0.15, 0.2) is 11.6 Å². The smallest absolute Gasteiger partial charge is 0.343 e. The van der Waals surface area contributed by atoms with Crippen LogP contribution in [0.3, 0.4) is 0 Å². The molecule has 57 heavy (non-hydrogen) atoms. The van der Waals surface area contributed by atoms with Gasteiger partial charge in [0, 0.05) is 12.8 Å². The molecule has 0 aromatic heterocycles. The Labute approximate surface area is 324 Å². The maximum atomic E-state index is 14.7. The Morgan fingerprint density at radius 1 is 0.456 bits per heavy atom. The topological polar surface area (TPSA) is 114 Å². The molecule has 0 saturated heterocycles. The van der Waals surface area contributed by atoms with E-state index in [9.17, 15) is 45.5 Å². The van der Waals surface area contributed by atoms with E-state index in [0.717, 1.165) is 37.8 Å². The molecule has 4 aromatic carbocycles. The van der Waals surface area contributed by atoms with Gasteiger partial charge in [0.1, 0.15) is 17.2 Å². The predicted octanol–water partition coefficient (Wildman–Crippen LogP) is 10.6. The quantitative estimate of drug-likeness (QED) is 0.0267. The van der Waals surface area contributed by atoms with Crippen LogP contribution in [0.5, 0.6) is 28.7 Å². The molecule has 0 unspecified atom stereocenters. The van der Waals surface area contributed by atoms with Crippen LogP contribution < -0.4 is 23.7 Å². The van der Waals surface area contributed by atoms with Crippen LogP contribution in [0.15, 0.2) is 66.7 Å². The molecule has 0 heterocycles. The number of unbranched alkanes of at least 4 members (excludes halogenated alkanes) is 8. The molecule has 0 radical (unpaired) electrons. The van der Waals surface area contributed by atoms with E-state index in [0.29, 0.717) is 50.5 Å². The maximum Gasteiger partial charge on any atom is 0.343 e. The van der Waals surface area contributed by atoms with Crippen molar-refractivity contribution in [2.45, 2.75) is 84.0 Å². The number of carbonyl (C=O) groups is 4. The monoisotopic (exact) mass is 802 g/mol. The lowest BCUT2D eigenvalue weighted by Crippen LogP contribution is -2.15. The molecule has 0 spiro atoms. The maximum absolute atomic E-state index is 14.7. The summed E-state index contributed by atoms with van der Waals surface area (Å²) < 4.78 is 110. The first-order valence-electron chi connectivity index (χ1n) is 18.4. The summed E-state index contributed by atoms with van der Waals surface area (Å²) in [5, 5.41) is 0. The summed E-state index contributed by atoms with van der Waals surface area (Å²) in [4.78, 5) is 49.1. The van der Waals surface area contributed by atoms with Gasteiger partial charge >= 0.3 is 23.9 Å². The molecule has 9 nitrogen and oxygen atoms in total. The van der Waals surface area contributed by atoms with Gasteiger partial charge in [-0.1, -0.05) is 51.9 Å². The fraction of sp³-hybridized carbons (Fsp3) is 0.333. The third kappa shape index (κ3) is 13.4. The molecular weight excluding hydrogens is 762 g/mol. The molecule has 0 bridgehead atoms. The normalized spacial score (nSPS) is 10.9. The highest BCUT2D eigenvalue weighted by Gasteiger charge is 2.31. The van der Waals surface area contributed by atoms with Crippen molar-refractivity contribution >= 4 is 23.9 Å². The Bertz CT molecular complexity index is 1970. The van der Waals surface area contributed by atoms with Crippen LogP contribution in [0.1, 0.15) is 105 Å². The average Bonchev–Trinajstić information content (AvgIpc) is 3.20. The summed E-state index contributed by atoms with van der Waals surface area (Å²) in [7, 11) is 0. The zero-order chi connectivity index (χ0) is 41.3. The number of ether oxygens (including phenoxy) is 5. The molecule has 0 atom stereocenters. The first-order valence-corrected chi connectivity index (χ1v) is 18.4. The molecule has 0 fully saturated rings. The highest BCUT2D eigenvalue weighted by molar-refractivity contribution is 5.91. The van der Waals surface area contributed by atoms with Crippen molar-refractivity contribution in [1.29, 1.82) is 0 Å². The van der Waals surface area contributed by atoms with Crippen LogP contribution in [0.2, 0.25) is 0 Å². The van der Waals surface area contributed by atoms with Gasteiger partial charge in [0.05, 0.1) is 17.7 Å². The van der Waals surface area contributed by atoms with Crippen molar-refractivity contribution in [2.75, 3.05) is 6.61 Å². The molecule has 0 aliphatic heterocycles. The molecule has 4 aromatic rings. The van der Waals surface area contributed by atoms with Crippen molar-refractivity contribution in [1.82, 2.24) is 0 Å². The highest BCUT2D eigenvalue weighted by Crippen LogP contribution is 2.35. The van der Waals surface area contributed by atoms with Crippen LogP contribution in [-0.2, 0) is 9.59 Å². The third-order valence-corrected chi connectivity index (χ3v) is 8.38. The Morgan fingerprint density at radius 2 is 0.912 bits per heavy atom. The van der Waals surface area contributed by atoms with Crippen molar-refractivity contribution in [3.63, 3.8) is 0 Å². The molecule has 304 valence electrons. The van der Waals surface area contributed by atoms with Gasteiger partial charge in [-0.15, -0.1) is 0 Å². The van der Waals surface area contributed by atoms with Gasteiger partial charge in [0.25, 0.3) is 0 Å². The summed E-state index contributed by atoms with van der Waals surface area (Å²) in [6.45, 7) is 2.54. The molecule has 0 aliphatic rings. The van der Waals surface area contributed by atoms with E-state index in [4.69, 9.17) is 14.2 Å². The zero-order valence-electron chi connectivity index (χ0n) is 31.0. The minimum Gasteiger partial charge on any atom is -0.494 e. The summed E-state index contributed by atoms with van der Waals surface area (Å²) in [6, 6.07) is 13.5. The summed E-state index contributed by atoms with van der Waals surface area (Å²) in [5.74, 6) is -16.8. The minimum absolute atomic E-state index is 0.0889. The Morgan fingerprint density at radius 3 is 1.47 bits per heavy atom. The SMILES string of the molecule is CCCCCCOc1ccc(C(=O)Oc2c(F)c(F)c(OC(=O)CCCCCCCCC(=O)Oc3ccc(OC(=O)c4ccc(F)c(F)c4)cc3)c(F)c2F)cc1. The Balaban J connectivity index is 1.12. The van der Waals surface area contributed by atoms with Crippen molar-refractivity contribution in [3.05, 3.63) is 113 Å². The number of rotatable bonds is 21. The summed E-state index contributed by atoms with van der Waals surface area (Å²) in [5.41, 5.74) is -0.352. The van der Waals surface area contributed by atoms with Gasteiger partial charge in [-0.3, -0.25) is 9.59 Å². The van der Waals surface area contributed by atoms with Gasteiger partial charge in [-0.25, -0.2) is 18.4 Å². The first-order chi connectivity index (χ1) is 27.4. The zero-order valence-corrected chi connectivity index (χ0v) is 31.0. The van der Waals surface area contributed by atoms with Crippen LogP contribution in [0, 0.1) is 34.9 Å². The lowest BCUT2D eigenvalue weighted by molar-refractivity contribution is -0.135. The highest BCUT2D eigenvalue weighted by atomic mass is 19.2. The van der Waals surface area contributed by atoms with Crippen LogP contribution in [-0.4, -0.2) is 30.5 Å². The summed E-state index contributed by atoms with van der Waals surface area (Å²) >= 11 is 0. The third-order valence-electron chi connectivity index (χ3n) is 8.38. The fourth-order valence-electron chi connectivity index (χ4n) is 5.29. The number of hydrogen-bond acceptors (Lipinski definition) is 9. The standard InChI is InChI=1S/C42H40F6O9/c1-2-3-4-11-24-53-28-17-14-26(15-18-28)41(51)57-40-37(47)35(45)39(36(46)38(40)48)56-34(50)13-10-8-6-5-7-9-12-33(49)54-29-19-21-30(22-20-29)55-42(52)27-16-23-31(43)32(44)25-27/h14-23,25H,2-13,24H2,1H3. The molecule has 15 heteroatoms. The second kappa shape index (κ2) is 22.0. The molecular formula is C42H40F6O9.